The van der Waals surface area contributed by atoms with Gasteiger partial charge in [-0.15, -0.1) is 0 Å². The van der Waals surface area contributed by atoms with Crippen molar-refractivity contribution in [3.8, 4) is 0 Å². The smallest absolute Gasteiger partial charge is 0.313 e. The summed E-state index contributed by atoms with van der Waals surface area (Å²) in [4.78, 5) is 25.6. The number of hydrogen-bond donors (Lipinski definition) is 0. The van der Waals surface area contributed by atoms with Gasteiger partial charge in [0.1, 0.15) is 6.42 Å². The third-order valence-corrected chi connectivity index (χ3v) is 2.71. The van der Waals surface area contributed by atoms with E-state index in [-0.39, 0.29) is 18.8 Å². The molecule has 1 rings (SSSR count). The molecular formula is C16H21NO3. The molecule has 4 heteroatoms. The van der Waals surface area contributed by atoms with Gasteiger partial charge in [-0.3, -0.25) is 9.59 Å². The molecule has 0 aromatic heterocycles. The highest BCUT2D eigenvalue weighted by atomic mass is 16.5. The molecule has 0 aliphatic carbocycles. The zero-order chi connectivity index (χ0) is 15.0. The average molecular weight is 275 g/mol. The summed E-state index contributed by atoms with van der Waals surface area (Å²) in [6.45, 7) is 2.01. The number of ketones is 1. The van der Waals surface area contributed by atoms with Gasteiger partial charge in [-0.1, -0.05) is 36.4 Å². The van der Waals surface area contributed by atoms with E-state index in [1.165, 1.54) is 0 Å². The van der Waals surface area contributed by atoms with Crippen LogP contribution in [0, 0.1) is 0 Å². The topological polar surface area (TPSA) is 46.6 Å². The van der Waals surface area contributed by atoms with Gasteiger partial charge in [0.25, 0.3) is 0 Å². The van der Waals surface area contributed by atoms with Crippen LogP contribution >= 0.6 is 0 Å². The lowest BCUT2D eigenvalue weighted by atomic mass is 9.93. The van der Waals surface area contributed by atoms with Gasteiger partial charge < -0.3 is 9.64 Å². The van der Waals surface area contributed by atoms with Crippen molar-refractivity contribution in [3.05, 3.63) is 48.2 Å². The summed E-state index contributed by atoms with van der Waals surface area (Å²) in [6, 6.07) is 9.42. The van der Waals surface area contributed by atoms with Crippen molar-refractivity contribution in [2.75, 3.05) is 20.7 Å². The van der Waals surface area contributed by atoms with Crippen LogP contribution in [0.2, 0.25) is 0 Å². The Hall–Kier alpha value is -2.10. The number of carbonyl (C=O) groups is 2. The van der Waals surface area contributed by atoms with Crippen LogP contribution < -0.4 is 0 Å². The number of allylic oxidation sites excluding steroid dienone is 1. The number of rotatable bonds is 7. The first-order chi connectivity index (χ1) is 9.54. The number of hydrogen-bond acceptors (Lipinski definition) is 4. The van der Waals surface area contributed by atoms with Crippen molar-refractivity contribution in [3.63, 3.8) is 0 Å². The molecule has 0 fully saturated rings. The van der Waals surface area contributed by atoms with E-state index in [1.54, 1.807) is 13.0 Å². The van der Waals surface area contributed by atoms with Crippen LogP contribution in [0.1, 0.15) is 24.8 Å². The summed E-state index contributed by atoms with van der Waals surface area (Å²) in [5, 5.41) is 0. The molecule has 108 valence electrons. The van der Waals surface area contributed by atoms with E-state index in [1.807, 2.05) is 55.5 Å². The van der Waals surface area contributed by atoms with Crippen LogP contribution in [0.25, 0.3) is 0 Å². The van der Waals surface area contributed by atoms with Crippen LogP contribution in [0.4, 0.5) is 0 Å². The van der Waals surface area contributed by atoms with Gasteiger partial charge in [0.15, 0.2) is 5.78 Å². The quantitative estimate of drug-likeness (QED) is 0.566. The Balaban J connectivity index is 2.88. The molecule has 0 saturated carbocycles. The first kappa shape index (κ1) is 16.0. The lowest BCUT2D eigenvalue weighted by molar-refractivity contribution is -0.145. The second kappa shape index (κ2) is 8.15. The second-order valence-corrected chi connectivity index (χ2v) is 4.64. The van der Waals surface area contributed by atoms with Gasteiger partial charge in [-0.25, -0.2) is 0 Å². The maximum absolute atomic E-state index is 12.3. The van der Waals surface area contributed by atoms with Crippen LogP contribution in [-0.2, 0) is 14.3 Å². The average Bonchev–Trinajstić information content (AvgIpc) is 2.40. The second-order valence-electron chi connectivity index (χ2n) is 4.64. The van der Waals surface area contributed by atoms with Gasteiger partial charge in [0.05, 0.1) is 12.5 Å². The third kappa shape index (κ3) is 5.26. The maximum Gasteiger partial charge on any atom is 0.313 e. The Morgan fingerprint density at radius 3 is 2.45 bits per heavy atom. The summed E-state index contributed by atoms with van der Waals surface area (Å²) in [5.41, 5.74) is 0.875. The standard InChI is InChI=1S/C16H21NO3/c1-4-20-16(19)12-15(18)14(10-11-17(2)3)13-8-6-5-7-9-13/h5-11,14H,4,12H2,1-3H3. The van der Waals surface area contributed by atoms with E-state index >= 15 is 0 Å². The number of ether oxygens (including phenoxy) is 1. The molecule has 0 aliphatic rings. The van der Waals surface area contributed by atoms with Crippen molar-refractivity contribution in [2.45, 2.75) is 19.3 Å². The van der Waals surface area contributed by atoms with Crippen molar-refractivity contribution in [1.29, 1.82) is 0 Å². The third-order valence-electron chi connectivity index (χ3n) is 2.71. The van der Waals surface area contributed by atoms with E-state index < -0.39 is 11.9 Å². The number of Topliss-reactive ketones (excluding diaryl/α,β-unsaturated/α-hetero) is 1. The molecule has 0 N–H and O–H groups in total. The zero-order valence-corrected chi connectivity index (χ0v) is 12.2. The van der Waals surface area contributed by atoms with Crippen LogP contribution in [-0.4, -0.2) is 37.4 Å². The van der Waals surface area contributed by atoms with Crippen LogP contribution in [0.3, 0.4) is 0 Å². The maximum atomic E-state index is 12.3. The molecule has 4 nitrogen and oxygen atoms in total. The minimum Gasteiger partial charge on any atom is -0.466 e. The fourth-order valence-electron chi connectivity index (χ4n) is 1.79. The van der Waals surface area contributed by atoms with E-state index in [9.17, 15) is 9.59 Å². The highest BCUT2D eigenvalue weighted by Gasteiger charge is 2.21. The monoisotopic (exact) mass is 275 g/mol. The van der Waals surface area contributed by atoms with Gasteiger partial charge >= 0.3 is 5.97 Å². The van der Waals surface area contributed by atoms with Gasteiger partial charge in [0, 0.05) is 14.1 Å². The molecule has 0 amide bonds. The molecule has 0 aliphatic heterocycles. The van der Waals surface area contributed by atoms with E-state index in [0.29, 0.717) is 0 Å². The molecule has 20 heavy (non-hydrogen) atoms. The first-order valence-electron chi connectivity index (χ1n) is 6.62. The highest BCUT2D eigenvalue weighted by Crippen LogP contribution is 2.20. The number of nitrogens with zero attached hydrogens (tertiary/aromatic N) is 1. The Bertz CT molecular complexity index is 466. The Kier molecular flexibility index (Phi) is 6.50. The van der Waals surface area contributed by atoms with Crippen LogP contribution in [0.5, 0.6) is 0 Å². The molecule has 1 aromatic rings. The zero-order valence-electron chi connectivity index (χ0n) is 12.2. The molecular weight excluding hydrogens is 254 g/mol. The van der Waals surface area contributed by atoms with Crippen molar-refractivity contribution in [1.82, 2.24) is 4.90 Å². The predicted octanol–water partition coefficient (Wildman–Crippen LogP) is 2.37. The Morgan fingerprint density at radius 1 is 1.25 bits per heavy atom. The number of benzene rings is 1. The first-order valence-corrected chi connectivity index (χ1v) is 6.62. The molecule has 1 unspecified atom stereocenters. The molecule has 1 aromatic carbocycles. The fraction of sp³-hybridized carbons (Fsp3) is 0.375. The predicted molar refractivity (Wildman–Crippen MR) is 78.3 cm³/mol. The van der Waals surface area contributed by atoms with E-state index in [2.05, 4.69) is 0 Å². The summed E-state index contributed by atoms with van der Waals surface area (Å²) in [7, 11) is 3.77. The normalized spacial score (nSPS) is 12.2. The molecule has 0 saturated heterocycles. The van der Waals surface area contributed by atoms with Gasteiger partial charge in [0.2, 0.25) is 0 Å². The summed E-state index contributed by atoms with van der Waals surface area (Å²) < 4.78 is 4.83. The SMILES string of the molecule is CCOC(=O)CC(=O)C(C=CN(C)C)c1ccccc1. The van der Waals surface area contributed by atoms with Crippen LogP contribution in [0.15, 0.2) is 42.6 Å². The highest BCUT2D eigenvalue weighted by molar-refractivity contribution is 6.00. The molecule has 0 bridgehead atoms. The van der Waals surface area contributed by atoms with E-state index in [0.717, 1.165) is 5.56 Å². The Morgan fingerprint density at radius 2 is 1.90 bits per heavy atom. The fourth-order valence-corrected chi connectivity index (χ4v) is 1.79. The molecule has 0 radical (unpaired) electrons. The van der Waals surface area contributed by atoms with Crippen molar-refractivity contribution < 1.29 is 14.3 Å². The summed E-state index contributed by atoms with van der Waals surface area (Å²) >= 11 is 0. The molecule has 0 spiro atoms. The van der Waals surface area contributed by atoms with Gasteiger partial charge in [-0.2, -0.15) is 0 Å². The summed E-state index contributed by atoms with van der Waals surface area (Å²) in [6.07, 6.45) is 3.42. The van der Waals surface area contributed by atoms with Crippen molar-refractivity contribution in [2.24, 2.45) is 0 Å². The lowest BCUT2D eigenvalue weighted by Gasteiger charge is -2.13. The Labute approximate surface area is 120 Å². The minimum absolute atomic E-state index is 0.159. The minimum atomic E-state index is -0.475. The molecule has 1 atom stereocenters. The van der Waals surface area contributed by atoms with Gasteiger partial charge in [-0.05, 0) is 18.7 Å². The summed E-state index contributed by atoms with van der Waals surface area (Å²) in [5.74, 6) is -1.06. The van der Waals surface area contributed by atoms with Crippen molar-refractivity contribution >= 4 is 11.8 Å². The molecule has 0 heterocycles. The number of carbonyl (C=O) groups excluding carboxylic acids is 2. The number of esters is 1. The largest absolute Gasteiger partial charge is 0.466 e. The van der Waals surface area contributed by atoms with E-state index in [4.69, 9.17) is 4.74 Å². The lowest BCUT2D eigenvalue weighted by Crippen LogP contribution is -2.17.